The zero-order valence-corrected chi connectivity index (χ0v) is 14.4. The van der Waals surface area contributed by atoms with Gasteiger partial charge >= 0.3 is 0 Å². The average Bonchev–Trinajstić information content (AvgIpc) is 3.19. The number of thioether (sulfide) groups is 1. The molecule has 1 amide bonds. The predicted octanol–water partition coefficient (Wildman–Crippen LogP) is 3.77. The van der Waals surface area contributed by atoms with Crippen LogP contribution in [-0.2, 0) is 11.3 Å². The van der Waals surface area contributed by atoms with Gasteiger partial charge in [-0.1, -0.05) is 35.5 Å². The van der Waals surface area contributed by atoms with Crippen LogP contribution in [-0.4, -0.2) is 26.2 Å². The second-order valence-electron chi connectivity index (χ2n) is 4.64. The molecule has 8 heteroatoms. The molecular weight excluding hydrogens is 352 g/mol. The van der Waals surface area contributed by atoms with E-state index in [0.717, 1.165) is 10.7 Å². The molecule has 23 heavy (non-hydrogen) atoms. The third kappa shape index (κ3) is 4.57. The molecule has 5 nitrogen and oxygen atoms in total. The van der Waals surface area contributed by atoms with E-state index in [4.69, 9.17) is 11.6 Å². The Morgan fingerprint density at radius 3 is 2.83 bits per heavy atom. The number of hydrogen-bond acceptors (Lipinski definition) is 5. The zero-order chi connectivity index (χ0) is 16.1. The van der Waals surface area contributed by atoms with Crippen molar-refractivity contribution in [3.8, 4) is 0 Å². The second kappa shape index (κ2) is 7.63. The minimum absolute atomic E-state index is 0.0917. The molecule has 118 valence electrons. The lowest BCUT2D eigenvalue weighted by Gasteiger charge is -2.07. The first-order valence-corrected chi connectivity index (χ1v) is 9.03. The Labute approximate surface area is 146 Å². The summed E-state index contributed by atoms with van der Waals surface area (Å²) in [5, 5.41) is 6.70. The number of halogens is 1. The molecule has 1 aromatic carbocycles. The number of carbonyl (C=O) groups excluding carboxylic acids is 1. The molecule has 0 aliphatic rings. The summed E-state index contributed by atoms with van der Waals surface area (Å²) in [5.74, 6) is 0.197. The van der Waals surface area contributed by atoms with Crippen molar-refractivity contribution in [2.45, 2.75) is 11.7 Å². The number of nitrogens with one attached hydrogen (secondary N) is 1. The fourth-order valence-electron chi connectivity index (χ4n) is 1.91. The van der Waals surface area contributed by atoms with Gasteiger partial charge in [-0.25, -0.2) is 9.97 Å². The SMILES string of the molecule is O=C(CSc1nccn1Cc1ccc(Cl)cc1)Nc1nccs1. The van der Waals surface area contributed by atoms with Crippen molar-refractivity contribution in [3.63, 3.8) is 0 Å². The lowest BCUT2D eigenvalue weighted by molar-refractivity contribution is -0.113. The highest BCUT2D eigenvalue weighted by Crippen LogP contribution is 2.19. The van der Waals surface area contributed by atoms with Gasteiger partial charge < -0.3 is 9.88 Å². The monoisotopic (exact) mass is 364 g/mol. The molecule has 0 spiro atoms. The molecule has 0 saturated carbocycles. The Bertz CT molecular complexity index is 771. The smallest absolute Gasteiger partial charge is 0.236 e. The maximum Gasteiger partial charge on any atom is 0.236 e. The van der Waals surface area contributed by atoms with Crippen LogP contribution < -0.4 is 5.32 Å². The summed E-state index contributed by atoms with van der Waals surface area (Å²) in [6, 6.07) is 7.68. The first kappa shape index (κ1) is 16.0. The van der Waals surface area contributed by atoms with E-state index in [1.54, 1.807) is 12.4 Å². The van der Waals surface area contributed by atoms with Crippen molar-refractivity contribution in [1.82, 2.24) is 14.5 Å². The number of hydrogen-bond donors (Lipinski definition) is 1. The Hall–Kier alpha value is -1.83. The molecule has 0 bridgehead atoms. The third-order valence-electron chi connectivity index (χ3n) is 2.95. The van der Waals surface area contributed by atoms with E-state index in [0.29, 0.717) is 16.7 Å². The van der Waals surface area contributed by atoms with Gasteiger partial charge in [-0.3, -0.25) is 4.79 Å². The summed E-state index contributed by atoms with van der Waals surface area (Å²) in [6.45, 7) is 0.688. The van der Waals surface area contributed by atoms with Crippen LogP contribution in [0.3, 0.4) is 0 Å². The molecule has 3 rings (SSSR count). The van der Waals surface area contributed by atoms with Gasteiger partial charge in [-0.2, -0.15) is 0 Å². The summed E-state index contributed by atoms with van der Waals surface area (Å²) in [4.78, 5) is 20.2. The minimum Gasteiger partial charge on any atom is -0.322 e. The molecule has 0 atom stereocenters. The van der Waals surface area contributed by atoms with E-state index in [2.05, 4.69) is 15.3 Å². The van der Waals surface area contributed by atoms with Crippen LogP contribution in [0, 0.1) is 0 Å². The van der Waals surface area contributed by atoms with Crippen molar-refractivity contribution in [2.24, 2.45) is 0 Å². The third-order valence-corrected chi connectivity index (χ3v) is 4.90. The Balaban J connectivity index is 1.57. The molecule has 3 aromatic rings. The van der Waals surface area contributed by atoms with Crippen LogP contribution in [0.4, 0.5) is 5.13 Å². The van der Waals surface area contributed by atoms with E-state index in [1.165, 1.54) is 23.1 Å². The number of anilines is 1. The maximum absolute atomic E-state index is 11.9. The van der Waals surface area contributed by atoms with E-state index in [9.17, 15) is 4.79 Å². The standard InChI is InChI=1S/C15H13ClN4OS2/c16-12-3-1-11(2-4-12)9-20-7-5-18-15(20)23-10-13(21)19-14-17-6-8-22-14/h1-8H,9-10H2,(H,17,19,21). The summed E-state index contributed by atoms with van der Waals surface area (Å²) in [6.07, 6.45) is 5.29. The van der Waals surface area contributed by atoms with Crippen LogP contribution >= 0.6 is 34.7 Å². The van der Waals surface area contributed by atoms with Gasteiger partial charge in [0.2, 0.25) is 5.91 Å². The predicted molar refractivity (Wildman–Crippen MR) is 94.2 cm³/mol. The van der Waals surface area contributed by atoms with Crippen molar-refractivity contribution >= 4 is 45.7 Å². The Morgan fingerprint density at radius 1 is 1.26 bits per heavy atom. The van der Waals surface area contributed by atoms with Crippen molar-refractivity contribution < 1.29 is 4.79 Å². The number of aromatic nitrogens is 3. The topological polar surface area (TPSA) is 59.8 Å². The van der Waals surface area contributed by atoms with Crippen LogP contribution in [0.25, 0.3) is 0 Å². The second-order valence-corrected chi connectivity index (χ2v) is 6.91. The number of thiazole rings is 1. The van der Waals surface area contributed by atoms with Gasteiger partial charge in [0.05, 0.1) is 5.75 Å². The lowest BCUT2D eigenvalue weighted by atomic mass is 10.2. The largest absolute Gasteiger partial charge is 0.322 e. The highest BCUT2D eigenvalue weighted by Gasteiger charge is 2.09. The van der Waals surface area contributed by atoms with Gasteiger partial charge in [0, 0.05) is 35.5 Å². The van der Waals surface area contributed by atoms with Crippen molar-refractivity contribution in [3.05, 3.63) is 58.8 Å². The van der Waals surface area contributed by atoms with Crippen molar-refractivity contribution in [2.75, 3.05) is 11.1 Å². The quantitative estimate of drug-likeness (QED) is 0.676. The highest BCUT2D eigenvalue weighted by molar-refractivity contribution is 7.99. The molecule has 2 aromatic heterocycles. The average molecular weight is 365 g/mol. The first-order valence-electron chi connectivity index (χ1n) is 6.78. The maximum atomic E-state index is 11.9. The Morgan fingerprint density at radius 2 is 2.09 bits per heavy atom. The lowest BCUT2D eigenvalue weighted by Crippen LogP contribution is -2.14. The number of nitrogens with zero attached hydrogens (tertiary/aromatic N) is 3. The molecule has 0 radical (unpaired) electrons. The number of imidazole rings is 1. The number of carbonyl (C=O) groups is 1. The zero-order valence-electron chi connectivity index (χ0n) is 12.0. The fraction of sp³-hybridized carbons (Fsp3) is 0.133. The van der Waals surface area contributed by atoms with Crippen LogP contribution in [0.15, 0.2) is 53.4 Å². The van der Waals surface area contributed by atoms with Crippen LogP contribution in [0.1, 0.15) is 5.56 Å². The molecule has 0 saturated heterocycles. The number of benzene rings is 1. The van der Waals surface area contributed by atoms with E-state index in [-0.39, 0.29) is 11.7 Å². The molecular formula is C15H13ClN4OS2. The van der Waals surface area contributed by atoms with Crippen LogP contribution in [0.2, 0.25) is 5.02 Å². The van der Waals surface area contributed by atoms with Crippen LogP contribution in [0.5, 0.6) is 0 Å². The number of amides is 1. The normalized spacial score (nSPS) is 10.7. The van der Waals surface area contributed by atoms with E-state index in [1.807, 2.05) is 40.4 Å². The molecule has 0 fully saturated rings. The molecule has 1 N–H and O–H groups in total. The minimum atomic E-state index is -0.0917. The highest BCUT2D eigenvalue weighted by atomic mass is 35.5. The summed E-state index contributed by atoms with van der Waals surface area (Å²) in [7, 11) is 0. The van der Waals surface area contributed by atoms with Gasteiger partial charge in [0.1, 0.15) is 0 Å². The Kier molecular flexibility index (Phi) is 5.32. The first-order chi connectivity index (χ1) is 11.2. The van der Waals surface area contributed by atoms with E-state index >= 15 is 0 Å². The molecule has 0 aliphatic carbocycles. The van der Waals surface area contributed by atoms with Gasteiger partial charge in [-0.15, -0.1) is 11.3 Å². The van der Waals surface area contributed by atoms with Gasteiger partial charge in [0.15, 0.2) is 10.3 Å². The fourth-order valence-corrected chi connectivity index (χ4v) is 3.34. The van der Waals surface area contributed by atoms with Crippen molar-refractivity contribution in [1.29, 1.82) is 0 Å². The van der Waals surface area contributed by atoms with Gasteiger partial charge in [0.25, 0.3) is 0 Å². The molecule has 0 aliphatic heterocycles. The number of rotatable bonds is 6. The summed E-state index contributed by atoms with van der Waals surface area (Å²) < 4.78 is 2.00. The summed E-state index contributed by atoms with van der Waals surface area (Å²) in [5.41, 5.74) is 1.13. The van der Waals surface area contributed by atoms with E-state index < -0.39 is 0 Å². The molecule has 2 heterocycles. The summed E-state index contributed by atoms with van der Waals surface area (Å²) >= 11 is 8.69. The molecule has 0 unspecified atom stereocenters. The van der Waals surface area contributed by atoms with Gasteiger partial charge in [-0.05, 0) is 17.7 Å².